The first-order valence-corrected chi connectivity index (χ1v) is 12.6. The summed E-state index contributed by atoms with van der Waals surface area (Å²) in [6.07, 6.45) is 6.25. The summed E-state index contributed by atoms with van der Waals surface area (Å²) < 4.78 is 14.0. The van der Waals surface area contributed by atoms with Gasteiger partial charge < -0.3 is 19.7 Å². The van der Waals surface area contributed by atoms with Gasteiger partial charge in [-0.15, -0.1) is 0 Å². The number of ether oxygens (including phenoxy) is 2. The molecule has 174 valence electrons. The zero-order valence-corrected chi connectivity index (χ0v) is 19.9. The lowest BCUT2D eigenvalue weighted by Gasteiger charge is -2.49. The molecule has 0 radical (unpaired) electrons. The number of fused-ring (bicyclic) bond motifs is 2. The SMILES string of the molecule is CCSN1[C@@H]2CCC[C@H]1CC(N(C)c1nc(Nc3cc(C)[nH]n3)cc(OC3COC3)n1)C2. The summed E-state index contributed by atoms with van der Waals surface area (Å²) in [5.41, 5.74) is 0.991. The minimum absolute atomic E-state index is 0.0530. The molecular formula is C22H33N7O2S. The molecule has 32 heavy (non-hydrogen) atoms. The number of H-pyrrole nitrogens is 1. The highest BCUT2D eigenvalue weighted by atomic mass is 32.2. The maximum atomic E-state index is 6.05. The van der Waals surface area contributed by atoms with Crippen molar-refractivity contribution in [3.05, 3.63) is 17.8 Å². The van der Waals surface area contributed by atoms with Gasteiger partial charge in [0.05, 0.1) is 13.2 Å². The lowest BCUT2D eigenvalue weighted by Crippen LogP contribution is -2.54. The van der Waals surface area contributed by atoms with Gasteiger partial charge in [0.15, 0.2) is 5.82 Å². The second-order valence-electron chi connectivity index (χ2n) is 8.98. The summed E-state index contributed by atoms with van der Waals surface area (Å²) in [6, 6.07) is 5.48. The molecule has 2 aromatic heterocycles. The van der Waals surface area contributed by atoms with E-state index in [1.54, 1.807) is 0 Å². The first kappa shape index (κ1) is 21.8. The van der Waals surface area contributed by atoms with Crippen LogP contribution in [0, 0.1) is 6.92 Å². The van der Waals surface area contributed by atoms with Gasteiger partial charge in [-0.2, -0.15) is 15.1 Å². The van der Waals surface area contributed by atoms with E-state index in [4.69, 9.17) is 19.4 Å². The number of aryl methyl sites for hydroxylation is 1. The van der Waals surface area contributed by atoms with E-state index in [-0.39, 0.29) is 6.10 Å². The average Bonchev–Trinajstić information content (AvgIpc) is 3.14. The molecule has 0 saturated carbocycles. The number of rotatable bonds is 8. The highest BCUT2D eigenvalue weighted by Gasteiger charge is 2.40. The van der Waals surface area contributed by atoms with Crippen molar-refractivity contribution >= 4 is 29.5 Å². The van der Waals surface area contributed by atoms with E-state index in [0.717, 1.165) is 30.1 Å². The fourth-order valence-electron chi connectivity index (χ4n) is 4.91. The first-order chi connectivity index (χ1) is 15.6. The van der Waals surface area contributed by atoms with E-state index in [0.29, 0.717) is 49.0 Å². The predicted molar refractivity (Wildman–Crippen MR) is 127 cm³/mol. The summed E-state index contributed by atoms with van der Waals surface area (Å²) in [5, 5.41) is 10.5. The van der Waals surface area contributed by atoms with Crippen LogP contribution < -0.4 is 15.0 Å². The minimum atomic E-state index is 0.0530. The van der Waals surface area contributed by atoms with Crippen LogP contribution in [0.1, 0.15) is 44.7 Å². The molecule has 3 saturated heterocycles. The lowest BCUT2D eigenvalue weighted by atomic mass is 9.83. The molecule has 0 amide bonds. The number of hydrogen-bond donors (Lipinski definition) is 2. The molecule has 3 aliphatic heterocycles. The zero-order valence-electron chi connectivity index (χ0n) is 19.1. The van der Waals surface area contributed by atoms with Crippen LogP contribution in [0.3, 0.4) is 0 Å². The van der Waals surface area contributed by atoms with E-state index in [1.165, 1.54) is 19.3 Å². The number of hydrogen-bond acceptors (Lipinski definition) is 9. The van der Waals surface area contributed by atoms with Gasteiger partial charge in [0.25, 0.3) is 0 Å². The summed E-state index contributed by atoms with van der Waals surface area (Å²) in [7, 11) is 2.12. The van der Waals surface area contributed by atoms with E-state index in [9.17, 15) is 0 Å². The normalized spacial score (nSPS) is 25.9. The molecule has 2 bridgehead atoms. The fourth-order valence-corrected chi connectivity index (χ4v) is 6.01. The van der Waals surface area contributed by atoms with Crippen molar-refractivity contribution < 1.29 is 9.47 Å². The summed E-state index contributed by atoms with van der Waals surface area (Å²) in [4.78, 5) is 11.9. The summed E-state index contributed by atoms with van der Waals surface area (Å²) in [6.45, 7) is 5.43. The molecule has 3 fully saturated rings. The molecule has 2 N–H and O–H groups in total. The Bertz CT molecular complexity index is 907. The van der Waals surface area contributed by atoms with Crippen LogP contribution in [0.15, 0.2) is 12.1 Å². The highest BCUT2D eigenvalue weighted by Crippen LogP contribution is 2.40. The van der Waals surface area contributed by atoms with E-state index < -0.39 is 0 Å². The maximum Gasteiger partial charge on any atom is 0.230 e. The number of nitrogens with one attached hydrogen (secondary N) is 2. The van der Waals surface area contributed by atoms with Crippen LogP contribution in [-0.2, 0) is 4.74 Å². The quantitative estimate of drug-likeness (QED) is 0.575. The standard InChI is InChI=1S/C22H33N7O2S/c1-4-32-29-15-6-5-7-16(29)10-17(9-15)28(3)22-24-19(23-20-8-14(2)26-27-20)11-21(25-22)31-18-12-30-13-18/h8,11,15-18H,4-7,9-10,12-13H2,1-3H3,(H2,23,24,25,26,27)/t15-,16+,17?. The van der Waals surface area contributed by atoms with Crippen molar-refractivity contribution in [1.82, 2.24) is 24.5 Å². The highest BCUT2D eigenvalue weighted by molar-refractivity contribution is 7.97. The molecule has 2 aromatic rings. The Morgan fingerprint density at radius 3 is 2.62 bits per heavy atom. The Labute approximate surface area is 193 Å². The van der Waals surface area contributed by atoms with Gasteiger partial charge in [-0.25, -0.2) is 4.31 Å². The Morgan fingerprint density at radius 2 is 2.00 bits per heavy atom. The molecule has 0 aliphatic carbocycles. The molecule has 10 heteroatoms. The van der Waals surface area contributed by atoms with Gasteiger partial charge >= 0.3 is 0 Å². The van der Waals surface area contributed by atoms with Crippen molar-refractivity contribution in [2.75, 3.05) is 36.2 Å². The van der Waals surface area contributed by atoms with Crippen molar-refractivity contribution in [3.63, 3.8) is 0 Å². The Hall–Kier alpha value is -2.04. The number of piperidine rings is 2. The van der Waals surface area contributed by atoms with Crippen LogP contribution in [0.5, 0.6) is 5.88 Å². The number of aromatic amines is 1. The number of anilines is 3. The van der Waals surface area contributed by atoms with Crippen molar-refractivity contribution in [1.29, 1.82) is 0 Å². The van der Waals surface area contributed by atoms with Crippen molar-refractivity contribution in [2.24, 2.45) is 0 Å². The largest absolute Gasteiger partial charge is 0.469 e. The summed E-state index contributed by atoms with van der Waals surface area (Å²) >= 11 is 2.01. The van der Waals surface area contributed by atoms with Crippen LogP contribution in [-0.4, -0.2) is 74.7 Å². The molecule has 1 unspecified atom stereocenters. The topological polar surface area (TPSA) is 91.4 Å². The third-order valence-electron chi connectivity index (χ3n) is 6.57. The van der Waals surface area contributed by atoms with Crippen LogP contribution in [0.25, 0.3) is 0 Å². The molecule has 0 spiro atoms. The van der Waals surface area contributed by atoms with Gasteiger partial charge in [0, 0.05) is 48.8 Å². The molecule has 9 nitrogen and oxygen atoms in total. The van der Waals surface area contributed by atoms with Crippen molar-refractivity contribution in [2.45, 2.75) is 70.2 Å². The zero-order chi connectivity index (χ0) is 22.1. The average molecular weight is 460 g/mol. The van der Waals surface area contributed by atoms with Gasteiger partial charge in [-0.3, -0.25) is 5.10 Å². The monoisotopic (exact) mass is 459 g/mol. The number of nitrogens with zero attached hydrogens (tertiary/aromatic N) is 5. The number of aromatic nitrogens is 4. The lowest BCUT2D eigenvalue weighted by molar-refractivity contribution is -0.0813. The van der Waals surface area contributed by atoms with Crippen LogP contribution >= 0.6 is 11.9 Å². The van der Waals surface area contributed by atoms with Crippen molar-refractivity contribution in [3.8, 4) is 5.88 Å². The second-order valence-corrected chi connectivity index (χ2v) is 10.2. The van der Waals surface area contributed by atoms with E-state index in [1.807, 2.05) is 31.0 Å². The molecule has 3 atom stereocenters. The molecular weight excluding hydrogens is 426 g/mol. The third-order valence-corrected chi connectivity index (χ3v) is 7.72. The Kier molecular flexibility index (Phi) is 6.43. The Morgan fingerprint density at radius 1 is 1.22 bits per heavy atom. The molecule has 5 heterocycles. The predicted octanol–water partition coefficient (Wildman–Crippen LogP) is 3.52. The van der Waals surface area contributed by atoms with Gasteiger partial charge in [-0.05, 0) is 32.6 Å². The third kappa shape index (κ3) is 4.67. The van der Waals surface area contributed by atoms with Gasteiger partial charge in [-0.1, -0.05) is 25.3 Å². The minimum Gasteiger partial charge on any atom is -0.469 e. The summed E-state index contributed by atoms with van der Waals surface area (Å²) in [5.74, 6) is 3.82. The molecule has 5 rings (SSSR count). The molecule has 0 aromatic carbocycles. The smallest absolute Gasteiger partial charge is 0.230 e. The Balaban J connectivity index is 1.37. The van der Waals surface area contributed by atoms with E-state index in [2.05, 4.69) is 38.7 Å². The maximum absolute atomic E-state index is 6.05. The van der Waals surface area contributed by atoms with Crippen LogP contribution in [0.4, 0.5) is 17.6 Å². The van der Waals surface area contributed by atoms with Gasteiger partial charge in [0.2, 0.25) is 11.8 Å². The second kappa shape index (κ2) is 9.44. The fraction of sp³-hybridized carbons (Fsp3) is 0.682. The molecule has 3 aliphatic rings. The van der Waals surface area contributed by atoms with Gasteiger partial charge in [0.1, 0.15) is 11.9 Å². The van der Waals surface area contributed by atoms with Crippen LogP contribution in [0.2, 0.25) is 0 Å². The first-order valence-electron chi connectivity index (χ1n) is 11.7. The van der Waals surface area contributed by atoms with E-state index >= 15 is 0 Å².